The third-order valence-electron chi connectivity index (χ3n) is 2.44. The van der Waals surface area contributed by atoms with Gasteiger partial charge in [0.05, 0.1) is 4.47 Å². The van der Waals surface area contributed by atoms with Crippen LogP contribution in [0.4, 0.5) is 4.39 Å². The standard InChI is InChI=1S/C11H10BrFO3/c12-8-4-3-7(13)5-9(8)16-10(11(14)15)6-1-2-6/h3-6,10H,1-2H2,(H,14,15). The van der Waals surface area contributed by atoms with Gasteiger partial charge in [0, 0.05) is 12.0 Å². The molecule has 0 saturated heterocycles. The Labute approximate surface area is 100 Å². The molecule has 0 aliphatic heterocycles. The predicted octanol–water partition coefficient (Wildman–Crippen LogP) is 2.83. The molecule has 1 atom stereocenters. The topological polar surface area (TPSA) is 46.5 Å². The van der Waals surface area contributed by atoms with Crippen LogP contribution in [0.5, 0.6) is 5.75 Å². The number of carboxylic acids is 1. The molecule has 16 heavy (non-hydrogen) atoms. The summed E-state index contributed by atoms with van der Waals surface area (Å²) in [5, 5.41) is 8.97. The molecule has 5 heteroatoms. The summed E-state index contributed by atoms with van der Waals surface area (Å²) in [5.41, 5.74) is 0. The fourth-order valence-electron chi connectivity index (χ4n) is 1.45. The zero-order valence-corrected chi connectivity index (χ0v) is 9.91. The number of hydrogen-bond donors (Lipinski definition) is 1. The first-order chi connectivity index (χ1) is 7.58. The Bertz CT molecular complexity index is 418. The minimum absolute atomic E-state index is 0.0488. The van der Waals surface area contributed by atoms with E-state index in [4.69, 9.17) is 9.84 Å². The van der Waals surface area contributed by atoms with Crippen molar-refractivity contribution >= 4 is 21.9 Å². The predicted molar refractivity (Wildman–Crippen MR) is 58.9 cm³/mol. The van der Waals surface area contributed by atoms with Crippen LogP contribution in [0, 0.1) is 11.7 Å². The summed E-state index contributed by atoms with van der Waals surface area (Å²) in [5.74, 6) is -1.16. The van der Waals surface area contributed by atoms with Crippen LogP contribution in [0.3, 0.4) is 0 Å². The van der Waals surface area contributed by atoms with Gasteiger partial charge in [-0.2, -0.15) is 0 Å². The lowest BCUT2D eigenvalue weighted by molar-refractivity contribution is -0.146. The Balaban J connectivity index is 2.17. The molecule has 2 rings (SSSR count). The average molecular weight is 289 g/mol. The first-order valence-electron chi connectivity index (χ1n) is 4.92. The molecule has 0 spiro atoms. The lowest BCUT2D eigenvalue weighted by Crippen LogP contribution is -2.29. The van der Waals surface area contributed by atoms with Crippen molar-refractivity contribution in [1.29, 1.82) is 0 Å². The summed E-state index contributed by atoms with van der Waals surface area (Å²) < 4.78 is 18.8. The highest BCUT2D eigenvalue weighted by Gasteiger charge is 2.38. The number of benzene rings is 1. The number of carbonyl (C=O) groups is 1. The van der Waals surface area contributed by atoms with Gasteiger partial charge >= 0.3 is 5.97 Å². The summed E-state index contributed by atoms with van der Waals surface area (Å²) >= 11 is 3.19. The first kappa shape index (κ1) is 11.4. The van der Waals surface area contributed by atoms with Crippen molar-refractivity contribution in [3.63, 3.8) is 0 Å². The van der Waals surface area contributed by atoms with Crippen LogP contribution in [-0.2, 0) is 4.79 Å². The summed E-state index contributed by atoms with van der Waals surface area (Å²) in [6.07, 6.45) is 0.825. The fraction of sp³-hybridized carbons (Fsp3) is 0.364. The highest BCUT2D eigenvalue weighted by atomic mass is 79.9. The summed E-state index contributed by atoms with van der Waals surface area (Å²) in [7, 11) is 0. The molecule has 1 aliphatic rings. The third-order valence-corrected chi connectivity index (χ3v) is 3.10. The van der Waals surface area contributed by atoms with Crippen molar-refractivity contribution in [2.45, 2.75) is 18.9 Å². The van der Waals surface area contributed by atoms with E-state index in [1.807, 2.05) is 0 Å². The molecule has 1 N–H and O–H groups in total. The van der Waals surface area contributed by atoms with E-state index >= 15 is 0 Å². The Morgan fingerprint density at radius 2 is 2.25 bits per heavy atom. The molecule has 0 heterocycles. The Hall–Kier alpha value is -1.10. The lowest BCUT2D eigenvalue weighted by Gasteiger charge is -2.15. The minimum Gasteiger partial charge on any atom is -0.478 e. The van der Waals surface area contributed by atoms with Crippen LogP contribution in [0.2, 0.25) is 0 Å². The molecule has 0 aromatic heterocycles. The van der Waals surface area contributed by atoms with Crippen LogP contribution in [-0.4, -0.2) is 17.2 Å². The third kappa shape index (κ3) is 2.52. The van der Waals surface area contributed by atoms with Gasteiger partial charge in [-0.15, -0.1) is 0 Å². The van der Waals surface area contributed by atoms with Gasteiger partial charge in [0.2, 0.25) is 0 Å². The summed E-state index contributed by atoms with van der Waals surface area (Å²) in [6.45, 7) is 0. The second kappa shape index (κ2) is 4.41. The van der Waals surface area contributed by atoms with Crippen molar-refractivity contribution in [3.05, 3.63) is 28.5 Å². The smallest absolute Gasteiger partial charge is 0.345 e. The Morgan fingerprint density at radius 3 is 2.81 bits per heavy atom. The quantitative estimate of drug-likeness (QED) is 0.927. The molecular formula is C11H10BrFO3. The molecule has 86 valence electrons. The van der Waals surface area contributed by atoms with Gasteiger partial charge in [-0.25, -0.2) is 9.18 Å². The highest BCUT2D eigenvalue weighted by Crippen LogP contribution is 2.36. The average Bonchev–Trinajstić information content (AvgIpc) is 3.02. The molecule has 0 bridgehead atoms. The number of rotatable bonds is 4. The van der Waals surface area contributed by atoms with E-state index in [1.165, 1.54) is 18.2 Å². The van der Waals surface area contributed by atoms with E-state index in [0.717, 1.165) is 12.8 Å². The van der Waals surface area contributed by atoms with E-state index in [1.54, 1.807) is 0 Å². The lowest BCUT2D eigenvalue weighted by atomic mass is 10.2. The zero-order valence-electron chi connectivity index (χ0n) is 8.32. The molecule has 1 saturated carbocycles. The fourth-order valence-corrected chi connectivity index (χ4v) is 1.79. The maximum Gasteiger partial charge on any atom is 0.345 e. The molecule has 1 aromatic carbocycles. The molecule has 0 amide bonds. The number of carboxylic acid groups (broad SMARTS) is 1. The maximum atomic E-state index is 13.0. The zero-order chi connectivity index (χ0) is 11.7. The van der Waals surface area contributed by atoms with E-state index < -0.39 is 17.9 Å². The van der Waals surface area contributed by atoms with Crippen molar-refractivity contribution in [2.24, 2.45) is 5.92 Å². The summed E-state index contributed by atoms with van der Waals surface area (Å²) in [6, 6.07) is 3.96. The first-order valence-corrected chi connectivity index (χ1v) is 5.72. The van der Waals surface area contributed by atoms with Crippen molar-refractivity contribution < 1.29 is 19.0 Å². The normalized spacial score (nSPS) is 16.9. The van der Waals surface area contributed by atoms with Crippen molar-refractivity contribution in [2.75, 3.05) is 0 Å². The van der Waals surface area contributed by atoms with Gasteiger partial charge in [-0.05, 0) is 40.9 Å². The largest absolute Gasteiger partial charge is 0.478 e. The number of halogens is 2. The molecule has 1 aliphatic carbocycles. The second-order valence-electron chi connectivity index (χ2n) is 3.79. The van der Waals surface area contributed by atoms with Crippen LogP contribution in [0.15, 0.2) is 22.7 Å². The van der Waals surface area contributed by atoms with Crippen LogP contribution < -0.4 is 4.74 Å². The monoisotopic (exact) mass is 288 g/mol. The van der Waals surface area contributed by atoms with Crippen molar-refractivity contribution in [3.8, 4) is 5.75 Å². The molecule has 1 aromatic rings. The minimum atomic E-state index is -1.00. The van der Waals surface area contributed by atoms with Crippen LogP contribution in [0.25, 0.3) is 0 Å². The summed E-state index contributed by atoms with van der Waals surface area (Å²) in [4.78, 5) is 10.9. The number of aliphatic carboxylic acids is 1. The Morgan fingerprint density at radius 1 is 1.56 bits per heavy atom. The molecular weight excluding hydrogens is 279 g/mol. The van der Waals surface area contributed by atoms with Crippen LogP contribution in [0.1, 0.15) is 12.8 Å². The molecule has 1 unspecified atom stereocenters. The maximum absolute atomic E-state index is 13.0. The van der Waals surface area contributed by atoms with Gasteiger partial charge in [0.15, 0.2) is 6.10 Å². The molecule has 1 fully saturated rings. The van der Waals surface area contributed by atoms with E-state index in [0.29, 0.717) is 4.47 Å². The van der Waals surface area contributed by atoms with Crippen molar-refractivity contribution in [1.82, 2.24) is 0 Å². The van der Waals surface area contributed by atoms with E-state index in [-0.39, 0.29) is 11.7 Å². The number of hydrogen-bond acceptors (Lipinski definition) is 2. The van der Waals surface area contributed by atoms with Gasteiger partial charge in [-0.1, -0.05) is 0 Å². The highest BCUT2D eigenvalue weighted by molar-refractivity contribution is 9.10. The second-order valence-corrected chi connectivity index (χ2v) is 4.64. The van der Waals surface area contributed by atoms with Gasteiger partial charge in [0.25, 0.3) is 0 Å². The van der Waals surface area contributed by atoms with Gasteiger partial charge in [0.1, 0.15) is 11.6 Å². The van der Waals surface area contributed by atoms with E-state index in [2.05, 4.69) is 15.9 Å². The van der Waals surface area contributed by atoms with Crippen LogP contribution >= 0.6 is 15.9 Å². The van der Waals surface area contributed by atoms with Gasteiger partial charge in [-0.3, -0.25) is 0 Å². The van der Waals surface area contributed by atoms with Gasteiger partial charge < -0.3 is 9.84 Å². The molecule has 3 nitrogen and oxygen atoms in total. The number of ether oxygens (including phenoxy) is 1. The SMILES string of the molecule is O=C(O)C(Oc1cc(F)ccc1Br)C1CC1. The van der Waals surface area contributed by atoms with E-state index in [9.17, 15) is 9.18 Å². The molecule has 0 radical (unpaired) electrons. The Kier molecular flexibility index (Phi) is 3.14.